The van der Waals surface area contributed by atoms with Gasteiger partial charge in [0.25, 0.3) is 5.91 Å². The number of rotatable bonds is 7. The Labute approximate surface area is 120 Å². The summed E-state index contributed by atoms with van der Waals surface area (Å²) in [5.74, 6) is 0.293. The normalized spacial score (nSPS) is 15.1. The minimum absolute atomic E-state index is 0.183. The summed E-state index contributed by atoms with van der Waals surface area (Å²) in [6, 6.07) is 0.522. The Balaban J connectivity index is 1.77. The largest absolute Gasteiger partial charge is 0.395 e. The number of carbonyl (C=O) groups is 1. The number of nitrogens with two attached hydrogens (primary N) is 1. The maximum atomic E-state index is 12.0. The Bertz CT molecular complexity index is 464. The molecule has 1 heterocycles. The summed E-state index contributed by atoms with van der Waals surface area (Å²) >= 11 is 0. The number of aromatic amines is 1. The van der Waals surface area contributed by atoms with Gasteiger partial charge in [0.05, 0.1) is 11.4 Å². The van der Waals surface area contributed by atoms with E-state index < -0.39 is 0 Å². The Morgan fingerprint density at radius 2 is 2.25 bits per heavy atom. The van der Waals surface area contributed by atoms with Gasteiger partial charge in [-0.1, -0.05) is 0 Å². The van der Waals surface area contributed by atoms with Crippen LogP contribution in [0, 0.1) is 0 Å². The molecule has 112 valence electrons. The number of aromatic nitrogens is 2. The van der Waals surface area contributed by atoms with Gasteiger partial charge in [0.15, 0.2) is 5.69 Å². The Kier molecular flexibility index (Phi) is 4.65. The van der Waals surface area contributed by atoms with Gasteiger partial charge in [-0.15, -0.1) is 0 Å². The minimum atomic E-state index is -0.183. The lowest BCUT2D eigenvalue weighted by molar-refractivity contribution is 0.0947. The van der Waals surface area contributed by atoms with E-state index in [0.717, 1.165) is 31.5 Å². The topological polar surface area (TPSA) is 87.0 Å². The first-order valence-electron chi connectivity index (χ1n) is 7.33. The average Bonchev–Trinajstić information content (AvgIpc) is 3.17. The zero-order valence-corrected chi connectivity index (χ0v) is 12.6. The van der Waals surface area contributed by atoms with Crippen molar-refractivity contribution in [1.82, 2.24) is 20.4 Å². The number of nitrogens with zero attached hydrogens (tertiary/aromatic N) is 2. The van der Waals surface area contributed by atoms with Crippen LogP contribution in [0.5, 0.6) is 0 Å². The van der Waals surface area contributed by atoms with Crippen LogP contribution in [0.4, 0.5) is 5.69 Å². The fraction of sp³-hybridized carbons (Fsp3) is 0.714. The van der Waals surface area contributed by atoms with Gasteiger partial charge in [-0.25, -0.2) is 0 Å². The van der Waals surface area contributed by atoms with Gasteiger partial charge in [-0.2, -0.15) is 5.10 Å². The lowest BCUT2D eigenvalue weighted by atomic mass is 10.2. The average molecular weight is 279 g/mol. The number of nitrogen functional groups attached to an aromatic ring is 1. The van der Waals surface area contributed by atoms with Crippen LogP contribution >= 0.6 is 0 Å². The van der Waals surface area contributed by atoms with Crippen LogP contribution in [0.25, 0.3) is 0 Å². The summed E-state index contributed by atoms with van der Waals surface area (Å²) in [5.41, 5.74) is 7.76. The highest BCUT2D eigenvalue weighted by Crippen LogP contribution is 2.42. The lowest BCUT2D eigenvalue weighted by Crippen LogP contribution is -2.31. The van der Waals surface area contributed by atoms with E-state index >= 15 is 0 Å². The second-order valence-corrected chi connectivity index (χ2v) is 5.86. The van der Waals surface area contributed by atoms with Crippen LogP contribution in [0.2, 0.25) is 0 Å². The zero-order valence-electron chi connectivity index (χ0n) is 12.6. The molecule has 1 fully saturated rings. The van der Waals surface area contributed by atoms with Gasteiger partial charge in [-0.3, -0.25) is 9.89 Å². The van der Waals surface area contributed by atoms with Gasteiger partial charge in [0.2, 0.25) is 0 Å². The van der Waals surface area contributed by atoms with Crippen molar-refractivity contribution >= 4 is 11.6 Å². The van der Waals surface area contributed by atoms with E-state index in [2.05, 4.69) is 41.3 Å². The highest BCUT2D eigenvalue weighted by atomic mass is 16.1. The molecular weight excluding hydrogens is 254 g/mol. The van der Waals surface area contributed by atoms with Crippen molar-refractivity contribution in [2.75, 3.05) is 25.9 Å². The van der Waals surface area contributed by atoms with E-state index in [1.165, 1.54) is 0 Å². The third kappa shape index (κ3) is 3.50. The smallest absolute Gasteiger partial charge is 0.273 e. The van der Waals surface area contributed by atoms with E-state index in [1.54, 1.807) is 0 Å². The molecule has 0 saturated heterocycles. The summed E-state index contributed by atoms with van der Waals surface area (Å²) in [7, 11) is 2.08. The van der Waals surface area contributed by atoms with Crippen molar-refractivity contribution in [2.24, 2.45) is 0 Å². The van der Waals surface area contributed by atoms with Gasteiger partial charge in [0.1, 0.15) is 0 Å². The first-order valence-corrected chi connectivity index (χ1v) is 7.33. The molecule has 0 aromatic carbocycles. The zero-order chi connectivity index (χ0) is 14.7. The Hall–Kier alpha value is -1.56. The summed E-state index contributed by atoms with van der Waals surface area (Å²) in [6.07, 6.45) is 3.18. The molecule has 6 nitrogen and oxygen atoms in total. The molecule has 20 heavy (non-hydrogen) atoms. The Morgan fingerprint density at radius 1 is 1.55 bits per heavy atom. The van der Waals surface area contributed by atoms with Crippen LogP contribution in [0.3, 0.4) is 0 Å². The molecule has 0 aliphatic heterocycles. The molecule has 0 unspecified atom stereocenters. The minimum Gasteiger partial charge on any atom is -0.395 e. The van der Waals surface area contributed by atoms with Crippen molar-refractivity contribution < 1.29 is 4.79 Å². The number of nitrogens with one attached hydrogen (secondary N) is 2. The fourth-order valence-electron chi connectivity index (χ4n) is 2.09. The summed E-state index contributed by atoms with van der Waals surface area (Å²) < 4.78 is 0. The van der Waals surface area contributed by atoms with Crippen LogP contribution in [-0.4, -0.2) is 47.2 Å². The predicted octanol–water partition coefficient (Wildman–Crippen LogP) is 1.33. The van der Waals surface area contributed by atoms with Crippen LogP contribution in [0.1, 0.15) is 55.2 Å². The van der Waals surface area contributed by atoms with E-state index in [4.69, 9.17) is 5.73 Å². The molecule has 1 aromatic rings. The van der Waals surface area contributed by atoms with Gasteiger partial charge in [-0.05, 0) is 46.7 Å². The molecule has 4 N–H and O–H groups in total. The molecule has 1 aromatic heterocycles. The highest BCUT2D eigenvalue weighted by Gasteiger charge is 2.30. The van der Waals surface area contributed by atoms with Crippen molar-refractivity contribution in [2.45, 2.75) is 45.1 Å². The summed E-state index contributed by atoms with van der Waals surface area (Å²) in [5, 5.41) is 9.82. The number of amides is 1. The molecule has 1 amide bonds. The van der Waals surface area contributed by atoms with E-state index in [0.29, 0.717) is 29.9 Å². The maximum absolute atomic E-state index is 12.0. The van der Waals surface area contributed by atoms with Crippen molar-refractivity contribution in [1.29, 1.82) is 0 Å². The predicted molar refractivity (Wildman–Crippen MR) is 79.7 cm³/mol. The fourth-order valence-corrected chi connectivity index (χ4v) is 2.09. The second-order valence-electron chi connectivity index (χ2n) is 5.86. The third-order valence-electron chi connectivity index (χ3n) is 3.89. The second kappa shape index (κ2) is 6.26. The molecule has 1 aliphatic carbocycles. The lowest BCUT2D eigenvalue weighted by Gasteiger charge is -2.20. The first kappa shape index (κ1) is 14.8. The van der Waals surface area contributed by atoms with Gasteiger partial charge < -0.3 is 16.0 Å². The number of anilines is 1. The molecule has 0 atom stereocenters. The SMILES string of the molecule is CC(C)N(C)CCCNC(=O)c1n[nH]c(C2CC2)c1N. The van der Waals surface area contributed by atoms with Gasteiger partial charge >= 0.3 is 0 Å². The number of carbonyl (C=O) groups excluding carboxylic acids is 1. The Morgan fingerprint density at radius 3 is 2.85 bits per heavy atom. The summed E-state index contributed by atoms with van der Waals surface area (Å²) in [4.78, 5) is 14.3. The van der Waals surface area contributed by atoms with Crippen molar-refractivity contribution in [3.05, 3.63) is 11.4 Å². The van der Waals surface area contributed by atoms with Crippen molar-refractivity contribution in [3.8, 4) is 0 Å². The number of hydrogen-bond donors (Lipinski definition) is 3. The maximum Gasteiger partial charge on any atom is 0.273 e. The van der Waals surface area contributed by atoms with E-state index in [-0.39, 0.29) is 5.91 Å². The van der Waals surface area contributed by atoms with Crippen LogP contribution < -0.4 is 11.1 Å². The molecule has 0 bridgehead atoms. The molecule has 1 aliphatic rings. The third-order valence-corrected chi connectivity index (χ3v) is 3.89. The van der Waals surface area contributed by atoms with Crippen LogP contribution in [0.15, 0.2) is 0 Å². The van der Waals surface area contributed by atoms with E-state index in [1.807, 2.05) is 0 Å². The van der Waals surface area contributed by atoms with Crippen molar-refractivity contribution in [3.63, 3.8) is 0 Å². The number of hydrogen-bond acceptors (Lipinski definition) is 4. The molecule has 2 rings (SSSR count). The molecule has 1 saturated carbocycles. The first-order chi connectivity index (χ1) is 9.50. The van der Waals surface area contributed by atoms with Crippen LogP contribution in [-0.2, 0) is 0 Å². The quantitative estimate of drug-likeness (QED) is 0.657. The highest BCUT2D eigenvalue weighted by molar-refractivity contribution is 5.97. The number of H-pyrrole nitrogens is 1. The summed E-state index contributed by atoms with van der Waals surface area (Å²) in [6.45, 7) is 5.91. The molecular formula is C14H25N5O. The molecule has 0 spiro atoms. The van der Waals surface area contributed by atoms with Gasteiger partial charge in [0, 0.05) is 18.5 Å². The standard InChI is InChI=1S/C14H25N5O/c1-9(2)19(3)8-4-7-16-14(20)13-11(15)12(17-18-13)10-5-6-10/h9-10H,4-8,15H2,1-3H3,(H,16,20)(H,17,18). The van der Waals surface area contributed by atoms with E-state index in [9.17, 15) is 4.79 Å². The monoisotopic (exact) mass is 279 g/mol. The molecule has 6 heteroatoms. The molecule has 0 radical (unpaired) electrons.